The van der Waals surface area contributed by atoms with Crippen molar-refractivity contribution in [2.75, 3.05) is 0 Å². The second-order valence-corrected chi connectivity index (χ2v) is 6.36. The molecule has 0 aliphatic rings. The number of halogens is 2. The minimum atomic E-state index is -0.0367. The summed E-state index contributed by atoms with van der Waals surface area (Å²) >= 11 is 3.80. The topological polar surface area (TPSA) is 74.6 Å². The maximum absolute atomic E-state index is 10.9. The van der Waals surface area contributed by atoms with Crippen molar-refractivity contribution < 1.29 is 19.8 Å². The molecule has 0 aliphatic heterocycles. The summed E-state index contributed by atoms with van der Waals surface area (Å²) in [5.41, 5.74) is 1.40. The fourth-order valence-electron chi connectivity index (χ4n) is 1.79. The van der Waals surface area contributed by atoms with Gasteiger partial charge in [0.2, 0.25) is 0 Å². The Bertz CT molecular complexity index is 649. The van der Waals surface area contributed by atoms with Gasteiger partial charge in [-0.25, -0.2) is 0 Å². The summed E-state index contributed by atoms with van der Waals surface area (Å²) in [4.78, 5) is 21.8. The monoisotopic (exact) mass is 494 g/mol. The van der Waals surface area contributed by atoms with Crippen LogP contribution in [0.2, 0.25) is 0 Å². The molecule has 0 atom stereocenters. The predicted octanol–water partition coefficient (Wildman–Crippen LogP) is 3.60. The third-order valence-corrected chi connectivity index (χ3v) is 4.38. The first-order chi connectivity index (χ1) is 9.47. The number of hydrogen-bond donors (Lipinski definition) is 2. The zero-order valence-corrected chi connectivity index (χ0v) is 14.2. The van der Waals surface area contributed by atoms with Crippen molar-refractivity contribution in [1.29, 1.82) is 0 Å². The van der Waals surface area contributed by atoms with E-state index in [9.17, 15) is 19.8 Å². The highest BCUT2D eigenvalue weighted by atomic mass is 127. The maximum atomic E-state index is 10.9. The highest BCUT2D eigenvalue weighted by molar-refractivity contribution is 14.1. The molecule has 102 valence electrons. The van der Waals surface area contributed by atoms with Crippen LogP contribution in [0, 0.1) is 7.14 Å². The fourth-order valence-corrected chi connectivity index (χ4v) is 3.09. The first-order valence-electron chi connectivity index (χ1n) is 5.43. The minimum Gasteiger partial charge on any atom is -0.506 e. The lowest BCUT2D eigenvalue weighted by Crippen LogP contribution is -1.92. The van der Waals surface area contributed by atoms with Crippen molar-refractivity contribution in [2.24, 2.45) is 0 Å². The lowest BCUT2D eigenvalue weighted by molar-refractivity contribution is 0.111. The largest absolute Gasteiger partial charge is 0.506 e. The van der Waals surface area contributed by atoms with Gasteiger partial charge >= 0.3 is 0 Å². The van der Waals surface area contributed by atoms with Gasteiger partial charge in [0.1, 0.15) is 24.1 Å². The van der Waals surface area contributed by atoms with Crippen LogP contribution in [-0.4, -0.2) is 22.8 Å². The molecule has 0 unspecified atom stereocenters. The Hall–Kier alpha value is -1.16. The van der Waals surface area contributed by atoms with Crippen LogP contribution in [0.15, 0.2) is 24.3 Å². The number of carbonyl (C=O) groups is 2. The first-order valence-corrected chi connectivity index (χ1v) is 7.59. The van der Waals surface area contributed by atoms with E-state index in [2.05, 4.69) is 0 Å². The molecule has 0 bridgehead atoms. The lowest BCUT2D eigenvalue weighted by atomic mass is 9.99. The Kier molecular flexibility index (Phi) is 4.63. The van der Waals surface area contributed by atoms with Crippen molar-refractivity contribution >= 4 is 57.8 Å². The van der Waals surface area contributed by atoms with Gasteiger partial charge in [0.25, 0.3) is 0 Å². The summed E-state index contributed by atoms with van der Waals surface area (Å²) in [7, 11) is 0. The Morgan fingerprint density at radius 1 is 0.750 bits per heavy atom. The highest BCUT2D eigenvalue weighted by Crippen LogP contribution is 2.40. The van der Waals surface area contributed by atoms with Crippen LogP contribution < -0.4 is 0 Å². The van der Waals surface area contributed by atoms with E-state index in [0.717, 1.165) is 0 Å². The van der Waals surface area contributed by atoms with Crippen LogP contribution in [-0.2, 0) is 0 Å². The van der Waals surface area contributed by atoms with E-state index < -0.39 is 0 Å². The number of hydrogen-bond acceptors (Lipinski definition) is 4. The average Bonchev–Trinajstić information content (AvgIpc) is 2.44. The number of rotatable bonds is 3. The molecule has 0 spiro atoms. The molecule has 2 rings (SSSR count). The predicted molar refractivity (Wildman–Crippen MR) is 91.4 cm³/mol. The van der Waals surface area contributed by atoms with Gasteiger partial charge in [-0.15, -0.1) is 0 Å². The average molecular weight is 494 g/mol. The number of benzene rings is 2. The molecule has 0 amide bonds. The minimum absolute atomic E-state index is 0.0367. The molecular weight excluding hydrogens is 486 g/mol. The third kappa shape index (κ3) is 2.80. The van der Waals surface area contributed by atoms with Crippen LogP contribution in [0.25, 0.3) is 11.1 Å². The van der Waals surface area contributed by atoms with Crippen molar-refractivity contribution in [3.8, 4) is 22.6 Å². The highest BCUT2D eigenvalue weighted by Gasteiger charge is 2.16. The van der Waals surface area contributed by atoms with Crippen LogP contribution in [0.1, 0.15) is 20.7 Å². The molecule has 0 heterocycles. The van der Waals surface area contributed by atoms with Crippen molar-refractivity contribution in [2.45, 2.75) is 0 Å². The molecule has 6 heteroatoms. The van der Waals surface area contributed by atoms with E-state index in [1.54, 1.807) is 0 Å². The van der Waals surface area contributed by atoms with Gasteiger partial charge in [-0.3, -0.25) is 9.59 Å². The number of aromatic hydroxyl groups is 2. The van der Waals surface area contributed by atoms with Crippen LogP contribution in [0.5, 0.6) is 11.5 Å². The van der Waals surface area contributed by atoms with Gasteiger partial charge in [-0.05, 0) is 69.4 Å². The second kappa shape index (κ2) is 6.08. The second-order valence-electron chi connectivity index (χ2n) is 4.03. The quantitative estimate of drug-likeness (QED) is 0.506. The molecule has 2 aromatic carbocycles. The summed E-state index contributed by atoms with van der Waals surface area (Å²) in [6.45, 7) is 0. The van der Waals surface area contributed by atoms with Gasteiger partial charge in [0, 0.05) is 22.3 Å². The van der Waals surface area contributed by atoms with Crippen LogP contribution in [0.4, 0.5) is 0 Å². The standard InChI is InChI=1S/C14H8I2O4/c15-11-3-7(5-17)1-9(13(11)19)10-2-8(6-18)4-12(16)14(10)20/h1-6,19-20H. The molecule has 0 saturated heterocycles. The van der Waals surface area contributed by atoms with E-state index in [-0.39, 0.29) is 11.5 Å². The summed E-state index contributed by atoms with van der Waals surface area (Å²) in [5, 5.41) is 20.2. The molecule has 20 heavy (non-hydrogen) atoms. The SMILES string of the molecule is O=Cc1cc(I)c(O)c(-c2cc(C=O)cc(I)c2O)c1. The van der Waals surface area contributed by atoms with E-state index in [1.165, 1.54) is 24.3 Å². The lowest BCUT2D eigenvalue weighted by Gasteiger charge is -2.11. The van der Waals surface area contributed by atoms with Gasteiger partial charge in [-0.1, -0.05) is 0 Å². The van der Waals surface area contributed by atoms with Crippen LogP contribution in [0.3, 0.4) is 0 Å². The Labute approximate surface area is 142 Å². The molecule has 0 radical (unpaired) electrons. The number of aldehydes is 2. The molecule has 2 N–H and O–H groups in total. The van der Waals surface area contributed by atoms with E-state index in [0.29, 0.717) is 42.0 Å². The van der Waals surface area contributed by atoms with E-state index >= 15 is 0 Å². The fraction of sp³-hybridized carbons (Fsp3) is 0. The maximum Gasteiger partial charge on any atom is 0.150 e. The normalized spacial score (nSPS) is 10.3. The van der Waals surface area contributed by atoms with Crippen molar-refractivity contribution in [3.63, 3.8) is 0 Å². The molecule has 4 nitrogen and oxygen atoms in total. The molecule has 0 fully saturated rings. The smallest absolute Gasteiger partial charge is 0.150 e. The Morgan fingerprint density at radius 2 is 1.10 bits per heavy atom. The first kappa shape index (κ1) is 15.2. The van der Waals surface area contributed by atoms with Gasteiger partial charge in [-0.2, -0.15) is 0 Å². The molecule has 0 aromatic heterocycles. The van der Waals surface area contributed by atoms with Crippen molar-refractivity contribution in [1.82, 2.24) is 0 Å². The molecule has 0 saturated carbocycles. The summed E-state index contributed by atoms with van der Waals surface area (Å²) in [5.74, 6) is -0.0734. The van der Waals surface area contributed by atoms with E-state index in [1.807, 2.05) is 45.2 Å². The van der Waals surface area contributed by atoms with Gasteiger partial charge in [0.05, 0.1) is 7.14 Å². The van der Waals surface area contributed by atoms with Gasteiger partial charge < -0.3 is 10.2 Å². The molecular formula is C14H8I2O4. The Balaban J connectivity index is 2.80. The third-order valence-electron chi connectivity index (χ3n) is 2.73. The van der Waals surface area contributed by atoms with Gasteiger partial charge in [0.15, 0.2) is 0 Å². The Morgan fingerprint density at radius 3 is 1.40 bits per heavy atom. The zero-order valence-electron chi connectivity index (χ0n) is 9.93. The molecule has 0 aliphatic carbocycles. The number of phenolic OH excluding ortho intramolecular Hbond substituents is 2. The summed E-state index contributed by atoms with van der Waals surface area (Å²) in [6.07, 6.45) is 1.33. The van der Waals surface area contributed by atoms with Crippen LogP contribution >= 0.6 is 45.2 Å². The zero-order chi connectivity index (χ0) is 14.9. The summed E-state index contributed by atoms with van der Waals surface area (Å²) in [6, 6.07) is 6.03. The van der Waals surface area contributed by atoms with E-state index in [4.69, 9.17) is 0 Å². The number of phenols is 2. The summed E-state index contributed by atoms with van der Waals surface area (Å²) < 4.78 is 0.987. The number of carbonyl (C=O) groups excluding carboxylic acids is 2. The van der Waals surface area contributed by atoms with Crippen molar-refractivity contribution in [3.05, 3.63) is 42.5 Å². The molecule has 2 aromatic rings.